The maximum atomic E-state index is 13.3. The first-order valence-corrected chi connectivity index (χ1v) is 14.2. The Kier molecular flexibility index (Phi) is 7.40. The summed E-state index contributed by atoms with van der Waals surface area (Å²) in [4.78, 5) is 19.6. The Morgan fingerprint density at radius 2 is 2.00 bits per heavy atom. The molecule has 10 heteroatoms. The van der Waals surface area contributed by atoms with Gasteiger partial charge in [-0.25, -0.2) is 8.42 Å². The van der Waals surface area contributed by atoms with E-state index in [1.807, 2.05) is 29.9 Å². The number of fused-ring (bicyclic) bond motifs is 1. The summed E-state index contributed by atoms with van der Waals surface area (Å²) in [7, 11) is -2.14. The summed E-state index contributed by atoms with van der Waals surface area (Å²) in [5.74, 6) is -0.425. The Hall–Kier alpha value is -1.98. The number of sulfonamides is 1. The molecular weight excluding hydrogens is 478 g/mol. The molecule has 4 rings (SSSR count). The monoisotopic (exact) mass is 505 g/mol. The van der Waals surface area contributed by atoms with E-state index >= 15 is 0 Å². The molecule has 0 N–H and O–H groups in total. The van der Waals surface area contributed by atoms with E-state index in [1.165, 1.54) is 15.6 Å². The Morgan fingerprint density at radius 1 is 1.24 bits per heavy atom. The largest absolute Gasteiger partial charge is 0.383 e. The normalized spacial score (nSPS) is 17.8. The maximum Gasteiger partial charge on any atom is 0.266 e. The number of aryl methyl sites for hydroxylation is 1. The number of hydrogen-bond donors (Lipinski definition) is 0. The minimum atomic E-state index is -3.77. The lowest BCUT2D eigenvalue weighted by Crippen LogP contribution is -2.40. The Balaban J connectivity index is 1.71. The molecule has 0 spiro atoms. The Labute approximate surface area is 202 Å². The molecule has 1 unspecified atom stereocenters. The highest BCUT2D eigenvalue weighted by Gasteiger charge is 2.39. The van der Waals surface area contributed by atoms with Crippen molar-refractivity contribution < 1.29 is 17.9 Å². The molecule has 1 fully saturated rings. The molecule has 1 atom stereocenters. The van der Waals surface area contributed by atoms with Gasteiger partial charge in [-0.05, 0) is 56.4 Å². The molecule has 176 valence electrons. The van der Waals surface area contributed by atoms with Crippen molar-refractivity contribution in [3.63, 3.8) is 0 Å². The molecule has 1 aromatic heterocycles. The number of carbonyl (C=O) groups is 1. The van der Waals surface area contributed by atoms with Gasteiger partial charge in [-0.1, -0.05) is 29.0 Å². The van der Waals surface area contributed by atoms with Crippen molar-refractivity contribution in [2.24, 2.45) is 4.99 Å². The molecule has 2 aromatic carbocycles. The molecule has 0 saturated carbocycles. The van der Waals surface area contributed by atoms with Gasteiger partial charge in [0.15, 0.2) is 4.80 Å². The minimum Gasteiger partial charge on any atom is -0.383 e. The SMILES string of the molecule is COCCn1c(=NC(=O)C2CCCN2S(=O)(=O)c2ccc(C)cc2)sc2cc(SC)ccc21. The van der Waals surface area contributed by atoms with Gasteiger partial charge in [0.1, 0.15) is 6.04 Å². The van der Waals surface area contributed by atoms with E-state index in [1.54, 1.807) is 43.1 Å². The molecule has 1 aliphatic heterocycles. The first-order valence-electron chi connectivity index (χ1n) is 10.7. The van der Waals surface area contributed by atoms with Crippen LogP contribution in [-0.4, -0.2) is 55.8 Å². The molecule has 0 bridgehead atoms. The number of hydrogen-bond acceptors (Lipinski definition) is 6. The van der Waals surface area contributed by atoms with Gasteiger partial charge < -0.3 is 9.30 Å². The van der Waals surface area contributed by atoms with E-state index in [4.69, 9.17) is 4.74 Å². The van der Waals surface area contributed by atoms with Crippen LogP contribution in [0.2, 0.25) is 0 Å². The quantitative estimate of drug-likeness (QED) is 0.458. The summed E-state index contributed by atoms with van der Waals surface area (Å²) in [5.41, 5.74) is 1.96. The van der Waals surface area contributed by atoms with Gasteiger partial charge in [-0.3, -0.25) is 4.79 Å². The van der Waals surface area contributed by atoms with Crippen LogP contribution in [0.1, 0.15) is 18.4 Å². The van der Waals surface area contributed by atoms with Crippen LogP contribution >= 0.6 is 23.1 Å². The zero-order valence-electron chi connectivity index (χ0n) is 18.9. The zero-order chi connectivity index (χ0) is 23.6. The number of thioether (sulfide) groups is 1. The van der Waals surface area contributed by atoms with Gasteiger partial charge in [0.05, 0.1) is 21.7 Å². The van der Waals surface area contributed by atoms with Crippen LogP contribution in [0.25, 0.3) is 10.2 Å². The third-order valence-electron chi connectivity index (χ3n) is 5.73. The molecule has 1 amide bonds. The van der Waals surface area contributed by atoms with Crippen molar-refractivity contribution in [2.75, 3.05) is 26.5 Å². The average molecular weight is 506 g/mol. The first-order chi connectivity index (χ1) is 15.8. The molecule has 33 heavy (non-hydrogen) atoms. The Morgan fingerprint density at radius 3 is 2.70 bits per heavy atom. The zero-order valence-corrected chi connectivity index (χ0v) is 21.3. The van der Waals surface area contributed by atoms with Crippen LogP contribution in [0.3, 0.4) is 0 Å². The van der Waals surface area contributed by atoms with Crippen LogP contribution in [0, 0.1) is 6.92 Å². The third-order valence-corrected chi connectivity index (χ3v) is 9.42. The third kappa shape index (κ3) is 4.95. The molecular formula is C23H27N3O4S3. The number of aromatic nitrogens is 1. The van der Waals surface area contributed by atoms with Crippen molar-refractivity contribution in [2.45, 2.75) is 42.1 Å². The molecule has 3 aromatic rings. The number of ether oxygens (including phenoxy) is 1. The van der Waals surface area contributed by atoms with E-state index in [9.17, 15) is 13.2 Å². The number of methoxy groups -OCH3 is 1. The number of rotatable bonds is 7. The molecule has 0 radical (unpaired) electrons. The van der Waals surface area contributed by atoms with Gasteiger partial charge in [-0.15, -0.1) is 11.8 Å². The van der Waals surface area contributed by atoms with E-state index < -0.39 is 22.0 Å². The van der Waals surface area contributed by atoms with E-state index in [-0.39, 0.29) is 4.90 Å². The number of benzene rings is 2. The highest BCUT2D eigenvalue weighted by Crippen LogP contribution is 2.28. The molecule has 0 aliphatic carbocycles. The summed E-state index contributed by atoms with van der Waals surface area (Å²) in [6.45, 7) is 3.25. The molecule has 1 aliphatic rings. The molecule has 2 heterocycles. The van der Waals surface area contributed by atoms with Crippen LogP contribution < -0.4 is 4.80 Å². The fourth-order valence-electron chi connectivity index (χ4n) is 3.95. The van der Waals surface area contributed by atoms with E-state index in [2.05, 4.69) is 11.1 Å². The summed E-state index contributed by atoms with van der Waals surface area (Å²) in [6, 6.07) is 12.1. The summed E-state index contributed by atoms with van der Waals surface area (Å²) < 4.78 is 36.0. The van der Waals surface area contributed by atoms with Crippen molar-refractivity contribution in [3.8, 4) is 0 Å². The number of thiazole rings is 1. The summed E-state index contributed by atoms with van der Waals surface area (Å²) in [6.07, 6.45) is 3.11. The minimum absolute atomic E-state index is 0.203. The fourth-order valence-corrected chi connectivity index (χ4v) is 7.22. The van der Waals surface area contributed by atoms with Gasteiger partial charge in [0.25, 0.3) is 5.91 Å². The Bertz CT molecular complexity index is 1330. The lowest BCUT2D eigenvalue weighted by molar-refractivity contribution is -0.121. The van der Waals surface area contributed by atoms with Crippen LogP contribution in [-0.2, 0) is 26.1 Å². The second-order valence-corrected chi connectivity index (χ2v) is 11.7. The first kappa shape index (κ1) is 24.2. The summed E-state index contributed by atoms with van der Waals surface area (Å²) >= 11 is 3.09. The van der Waals surface area contributed by atoms with Crippen LogP contribution in [0.15, 0.2) is 57.2 Å². The standard InChI is InChI=1S/C23H27N3O4S3/c1-16-6-9-18(10-7-16)33(28,29)26-12-4-5-20(26)22(27)24-23-25(13-14-30-2)19-11-8-17(31-3)15-21(19)32-23/h6-11,15,20H,4-5,12-14H2,1-3H3. The molecule has 1 saturated heterocycles. The van der Waals surface area contributed by atoms with E-state index in [0.717, 1.165) is 20.7 Å². The van der Waals surface area contributed by atoms with Crippen molar-refractivity contribution in [3.05, 3.63) is 52.8 Å². The predicted molar refractivity (Wildman–Crippen MR) is 132 cm³/mol. The lowest BCUT2D eigenvalue weighted by Gasteiger charge is -2.21. The number of carbonyl (C=O) groups excluding carboxylic acids is 1. The van der Waals surface area contributed by atoms with Gasteiger partial charge in [0, 0.05) is 25.1 Å². The van der Waals surface area contributed by atoms with Crippen LogP contribution in [0.4, 0.5) is 0 Å². The topological polar surface area (TPSA) is 81.0 Å². The fraction of sp³-hybridized carbons (Fsp3) is 0.391. The predicted octanol–water partition coefficient (Wildman–Crippen LogP) is 3.66. The maximum absolute atomic E-state index is 13.3. The lowest BCUT2D eigenvalue weighted by atomic mass is 10.2. The molecule has 7 nitrogen and oxygen atoms in total. The number of nitrogens with zero attached hydrogens (tertiary/aromatic N) is 3. The highest BCUT2D eigenvalue weighted by atomic mass is 32.2. The van der Waals surface area contributed by atoms with Crippen LogP contribution in [0.5, 0.6) is 0 Å². The second kappa shape index (κ2) is 10.1. The summed E-state index contributed by atoms with van der Waals surface area (Å²) in [5, 5.41) is 0. The van der Waals surface area contributed by atoms with Gasteiger partial charge >= 0.3 is 0 Å². The van der Waals surface area contributed by atoms with Crippen molar-refractivity contribution >= 4 is 49.2 Å². The number of amides is 1. The average Bonchev–Trinajstić information content (AvgIpc) is 3.43. The van der Waals surface area contributed by atoms with Crippen molar-refractivity contribution in [1.29, 1.82) is 0 Å². The van der Waals surface area contributed by atoms with Gasteiger partial charge in [0.2, 0.25) is 10.0 Å². The van der Waals surface area contributed by atoms with E-state index in [0.29, 0.717) is 37.3 Å². The smallest absolute Gasteiger partial charge is 0.266 e. The van der Waals surface area contributed by atoms with Crippen molar-refractivity contribution in [1.82, 2.24) is 8.87 Å². The highest BCUT2D eigenvalue weighted by molar-refractivity contribution is 7.98. The van der Waals surface area contributed by atoms with Gasteiger partial charge in [-0.2, -0.15) is 9.30 Å². The second-order valence-electron chi connectivity index (χ2n) is 7.90.